The maximum atomic E-state index is 13.1. The number of hydrogen-bond donors (Lipinski definition) is 1. The molecule has 1 atom stereocenters. The van der Waals surface area contributed by atoms with E-state index >= 15 is 0 Å². The summed E-state index contributed by atoms with van der Waals surface area (Å²) in [6.45, 7) is 1.14. The van der Waals surface area contributed by atoms with Crippen LogP contribution < -0.4 is 0 Å². The first-order valence-corrected chi connectivity index (χ1v) is 8.48. The van der Waals surface area contributed by atoms with Crippen molar-refractivity contribution in [1.82, 2.24) is 4.98 Å². The molecule has 134 valence electrons. The molecule has 0 aliphatic carbocycles. The largest absolute Gasteiger partial charge is 0.465 e. The Kier molecular flexibility index (Phi) is 4.95. The Morgan fingerprint density at radius 2 is 2.04 bits per heavy atom. The molecule has 0 bridgehead atoms. The molecular formula is C19H17ClN2O4. The van der Waals surface area contributed by atoms with E-state index in [1.807, 2.05) is 24.3 Å². The van der Waals surface area contributed by atoms with Crippen molar-refractivity contribution in [3.63, 3.8) is 0 Å². The van der Waals surface area contributed by atoms with Gasteiger partial charge in [0.25, 0.3) is 0 Å². The zero-order valence-electron chi connectivity index (χ0n) is 14.1. The van der Waals surface area contributed by atoms with Gasteiger partial charge in [-0.15, -0.1) is 0 Å². The normalized spacial score (nSPS) is 13.3. The highest BCUT2D eigenvalue weighted by atomic mass is 35.5. The third-order valence-electron chi connectivity index (χ3n) is 4.36. The summed E-state index contributed by atoms with van der Waals surface area (Å²) in [7, 11) is 0. The van der Waals surface area contributed by atoms with E-state index in [2.05, 4.69) is 4.98 Å². The number of rotatable bonds is 6. The van der Waals surface area contributed by atoms with Gasteiger partial charge in [-0.2, -0.15) is 0 Å². The summed E-state index contributed by atoms with van der Waals surface area (Å²) >= 11 is 6.12. The van der Waals surface area contributed by atoms with Crippen molar-refractivity contribution < 1.29 is 14.5 Å². The van der Waals surface area contributed by atoms with Crippen LogP contribution >= 0.6 is 11.6 Å². The summed E-state index contributed by atoms with van der Waals surface area (Å²) in [6.07, 6.45) is 1.63. The Morgan fingerprint density at radius 3 is 2.73 bits per heavy atom. The number of halogens is 1. The second-order valence-corrected chi connectivity index (χ2v) is 6.31. The molecular weight excluding hydrogens is 356 g/mol. The molecule has 26 heavy (non-hydrogen) atoms. The van der Waals surface area contributed by atoms with Crippen LogP contribution in [0.5, 0.6) is 0 Å². The van der Waals surface area contributed by atoms with E-state index in [9.17, 15) is 14.9 Å². The number of nitro groups is 1. The van der Waals surface area contributed by atoms with Gasteiger partial charge in [0.05, 0.1) is 6.61 Å². The minimum Gasteiger partial charge on any atom is -0.465 e. The average Bonchev–Trinajstić information content (AvgIpc) is 3.04. The highest BCUT2D eigenvalue weighted by Crippen LogP contribution is 2.39. The monoisotopic (exact) mass is 372 g/mol. The first kappa shape index (κ1) is 17.9. The number of fused-ring (bicyclic) bond motifs is 1. The molecule has 0 saturated carbocycles. The van der Waals surface area contributed by atoms with E-state index in [-0.39, 0.29) is 6.61 Å². The number of hydrogen-bond acceptors (Lipinski definition) is 4. The van der Waals surface area contributed by atoms with Crippen molar-refractivity contribution in [1.29, 1.82) is 0 Å². The van der Waals surface area contributed by atoms with E-state index in [1.165, 1.54) is 0 Å². The summed E-state index contributed by atoms with van der Waals surface area (Å²) in [5.41, 5.74) is 0.0845. The molecule has 0 amide bonds. The van der Waals surface area contributed by atoms with Gasteiger partial charge < -0.3 is 9.72 Å². The van der Waals surface area contributed by atoms with Crippen LogP contribution in [-0.2, 0) is 14.9 Å². The Morgan fingerprint density at radius 1 is 1.27 bits per heavy atom. The molecule has 3 aromatic rings. The summed E-state index contributed by atoms with van der Waals surface area (Å²) in [4.78, 5) is 27.2. The van der Waals surface area contributed by atoms with Crippen molar-refractivity contribution in [2.45, 2.75) is 12.3 Å². The number of carbonyl (C=O) groups excluding carboxylic acids is 1. The lowest BCUT2D eigenvalue weighted by atomic mass is 9.74. The van der Waals surface area contributed by atoms with Gasteiger partial charge in [0.1, 0.15) is 0 Å². The molecule has 0 unspecified atom stereocenters. The van der Waals surface area contributed by atoms with Crippen LogP contribution in [0.3, 0.4) is 0 Å². The van der Waals surface area contributed by atoms with Crippen LogP contribution in [0.1, 0.15) is 18.1 Å². The standard InChI is InChI=1S/C19H17ClN2O4/c1-2-26-18(23)19(12-22(24)25,13-6-5-7-14(20)10-13)16-11-21-17-9-4-3-8-15(16)17/h3-11,21H,2,12H2,1H3/t19-/m0/s1. The fourth-order valence-electron chi connectivity index (χ4n) is 3.25. The molecule has 1 N–H and O–H groups in total. The molecule has 0 saturated heterocycles. The van der Waals surface area contributed by atoms with E-state index < -0.39 is 22.9 Å². The molecule has 1 aromatic heterocycles. The van der Waals surface area contributed by atoms with Gasteiger partial charge in [0, 0.05) is 32.6 Å². The maximum absolute atomic E-state index is 13.1. The average molecular weight is 373 g/mol. The second-order valence-electron chi connectivity index (χ2n) is 5.87. The Balaban J connectivity index is 2.36. The third-order valence-corrected chi connectivity index (χ3v) is 4.59. The van der Waals surface area contributed by atoms with Crippen LogP contribution in [0.4, 0.5) is 0 Å². The first-order chi connectivity index (χ1) is 12.5. The van der Waals surface area contributed by atoms with Crippen LogP contribution in [-0.4, -0.2) is 29.0 Å². The fraction of sp³-hybridized carbons (Fsp3) is 0.211. The smallest absolute Gasteiger partial charge is 0.327 e. The highest BCUT2D eigenvalue weighted by Gasteiger charge is 2.50. The first-order valence-electron chi connectivity index (χ1n) is 8.10. The minimum atomic E-state index is -1.61. The third kappa shape index (κ3) is 3.04. The van der Waals surface area contributed by atoms with E-state index in [1.54, 1.807) is 37.4 Å². The zero-order valence-corrected chi connectivity index (χ0v) is 14.8. The molecule has 1 heterocycles. The molecule has 0 spiro atoms. The number of benzene rings is 2. The van der Waals surface area contributed by atoms with Gasteiger partial charge in [-0.05, 0) is 30.7 Å². The number of aromatic nitrogens is 1. The Bertz CT molecular complexity index is 969. The summed E-state index contributed by atoms with van der Waals surface area (Å²) in [5, 5.41) is 12.7. The van der Waals surface area contributed by atoms with Gasteiger partial charge in [0.2, 0.25) is 6.54 Å². The molecule has 0 aliphatic heterocycles. The van der Waals surface area contributed by atoms with Crippen LogP contribution in [0.2, 0.25) is 5.02 Å². The lowest BCUT2D eigenvalue weighted by molar-refractivity contribution is -0.486. The van der Waals surface area contributed by atoms with Crippen molar-refractivity contribution in [2.75, 3.05) is 13.2 Å². The molecule has 0 radical (unpaired) electrons. The maximum Gasteiger partial charge on any atom is 0.327 e. The van der Waals surface area contributed by atoms with E-state index in [0.29, 0.717) is 16.1 Å². The fourth-order valence-corrected chi connectivity index (χ4v) is 3.44. The number of H-pyrrole nitrogens is 1. The number of aromatic amines is 1. The van der Waals surface area contributed by atoms with Crippen molar-refractivity contribution in [3.05, 3.63) is 81.0 Å². The molecule has 6 nitrogen and oxygen atoms in total. The predicted molar refractivity (Wildman–Crippen MR) is 99.0 cm³/mol. The van der Waals surface area contributed by atoms with Crippen molar-refractivity contribution in [2.24, 2.45) is 0 Å². The summed E-state index contributed by atoms with van der Waals surface area (Å²) in [6, 6.07) is 13.9. The minimum absolute atomic E-state index is 0.112. The van der Waals surface area contributed by atoms with Crippen molar-refractivity contribution in [3.8, 4) is 0 Å². The number of carbonyl (C=O) groups is 1. The van der Waals surface area contributed by atoms with Crippen molar-refractivity contribution >= 4 is 28.5 Å². The Hall–Kier alpha value is -2.86. The van der Waals surface area contributed by atoms with Gasteiger partial charge in [-0.25, -0.2) is 0 Å². The quantitative estimate of drug-likeness (QED) is 0.403. The van der Waals surface area contributed by atoms with Crippen LogP contribution in [0.15, 0.2) is 54.7 Å². The van der Waals surface area contributed by atoms with Crippen LogP contribution in [0, 0.1) is 10.1 Å². The second kappa shape index (κ2) is 7.17. The molecule has 0 aliphatic rings. The van der Waals surface area contributed by atoms with Gasteiger partial charge in [0.15, 0.2) is 5.41 Å². The lowest BCUT2D eigenvalue weighted by Crippen LogP contribution is -2.44. The molecule has 2 aromatic carbocycles. The molecule has 0 fully saturated rings. The number of para-hydroxylation sites is 1. The van der Waals surface area contributed by atoms with Gasteiger partial charge in [-0.1, -0.05) is 41.9 Å². The number of nitrogens with zero attached hydrogens (tertiary/aromatic N) is 1. The Labute approximate surface area is 154 Å². The van der Waals surface area contributed by atoms with Crippen LogP contribution in [0.25, 0.3) is 10.9 Å². The molecule has 3 rings (SSSR count). The van der Waals surface area contributed by atoms with Gasteiger partial charge in [-0.3, -0.25) is 14.9 Å². The predicted octanol–water partition coefficient (Wildman–Crippen LogP) is 3.95. The SMILES string of the molecule is CCOC(=O)[C@@](C[N+](=O)[O-])(c1cccc(Cl)c1)c1c[nH]c2ccccc12. The number of ether oxygens (including phenoxy) is 1. The summed E-state index contributed by atoms with van der Waals surface area (Å²) < 4.78 is 5.27. The lowest BCUT2D eigenvalue weighted by Gasteiger charge is -2.28. The number of nitrogens with one attached hydrogen (secondary N) is 1. The van der Waals surface area contributed by atoms with Gasteiger partial charge >= 0.3 is 5.97 Å². The summed E-state index contributed by atoms with van der Waals surface area (Å²) in [5.74, 6) is -0.677. The highest BCUT2D eigenvalue weighted by molar-refractivity contribution is 6.30. The number of esters is 1. The zero-order chi connectivity index (χ0) is 18.7. The van der Waals surface area contributed by atoms with E-state index in [0.717, 1.165) is 10.9 Å². The topological polar surface area (TPSA) is 85.2 Å². The van der Waals surface area contributed by atoms with E-state index in [4.69, 9.17) is 16.3 Å². The molecule has 7 heteroatoms.